The Hall–Kier alpha value is -1.64. The van der Waals surface area contributed by atoms with E-state index < -0.39 is 10.0 Å². The smallest absolute Gasteiger partial charge is 0.236 e. The van der Waals surface area contributed by atoms with Gasteiger partial charge < -0.3 is 9.80 Å². The van der Waals surface area contributed by atoms with Gasteiger partial charge in [0.2, 0.25) is 15.9 Å². The fourth-order valence-corrected chi connectivity index (χ4v) is 3.93. The first-order chi connectivity index (χ1) is 12.1. The van der Waals surface area contributed by atoms with Crippen LogP contribution in [0.4, 0.5) is 5.69 Å². The quantitative estimate of drug-likeness (QED) is 0.752. The van der Waals surface area contributed by atoms with Gasteiger partial charge in [-0.2, -0.15) is 0 Å². The van der Waals surface area contributed by atoms with Crippen LogP contribution in [0.15, 0.2) is 24.3 Å². The van der Waals surface area contributed by atoms with E-state index in [0.29, 0.717) is 13.1 Å². The summed E-state index contributed by atoms with van der Waals surface area (Å²) >= 11 is 0. The summed E-state index contributed by atoms with van der Waals surface area (Å²) in [5.41, 5.74) is 2.23. The number of likely N-dealkylation sites (N-methyl/N-ethyl adjacent to an activating group) is 1. The van der Waals surface area contributed by atoms with Crippen molar-refractivity contribution >= 4 is 21.6 Å². The van der Waals surface area contributed by atoms with Crippen LogP contribution in [0.3, 0.4) is 0 Å². The number of nitrogens with one attached hydrogen (secondary N) is 1. The second-order valence-corrected chi connectivity index (χ2v) is 9.03. The minimum atomic E-state index is -3.17. The van der Waals surface area contributed by atoms with Gasteiger partial charge in [0.05, 0.1) is 12.8 Å². The van der Waals surface area contributed by atoms with Crippen molar-refractivity contribution in [2.75, 3.05) is 51.9 Å². The average molecular weight is 383 g/mol. The summed E-state index contributed by atoms with van der Waals surface area (Å²) in [5.74, 6) is 0.0798. The fraction of sp³-hybridized carbons (Fsp3) is 0.611. The highest BCUT2D eigenvalue weighted by Gasteiger charge is 2.23. The lowest BCUT2D eigenvalue weighted by Crippen LogP contribution is -2.47. The molecule has 0 bridgehead atoms. The summed E-state index contributed by atoms with van der Waals surface area (Å²) in [6, 6.07) is 8.16. The van der Waals surface area contributed by atoms with Gasteiger partial charge >= 0.3 is 0 Å². The van der Waals surface area contributed by atoms with E-state index in [1.807, 2.05) is 50.3 Å². The number of benzene rings is 1. The predicted molar refractivity (Wildman–Crippen MR) is 105 cm³/mol. The lowest BCUT2D eigenvalue weighted by molar-refractivity contribution is -0.131. The number of hydrogen-bond donors (Lipinski definition) is 1. The Bertz CT molecular complexity index is 696. The number of nitrogens with zero attached hydrogens (tertiary/aromatic N) is 3. The van der Waals surface area contributed by atoms with E-state index in [2.05, 4.69) is 9.62 Å². The number of amides is 1. The molecule has 7 nitrogen and oxygen atoms in total. The van der Waals surface area contributed by atoms with Crippen LogP contribution >= 0.6 is 0 Å². The Morgan fingerprint density at radius 3 is 2.23 bits per heavy atom. The number of carbonyl (C=O) groups is 1. The van der Waals surface area contributed by atoms with E-state index in [0.717, 1.165) is 37.2 Å². The molecule has 146 valence electrons. The molecular weight excluding hydrogens is 352 g/mol. The van der Waals surface area contributed by atoms with Gasteiger partial charge in [0.15, 0.2) is 0 Å². The number of likely N-dealkylation sites (tertiary alicyclic amines) is 1. The second kappa shape index (κ2) is 8.83. The number of anilines is 1. The zero-order valence-corrected chi connectivity index (χ0v) is 16.9. The molecule has 1 aromatic carbocycles. The third kappa shape index (κ3) is 6.59. The maximum atomic E-state index is 12.5. The lowest BCUT2D eigenvalue weighted by Gasteiger charge is -2.32. The van der Waals surface area contributed by atoms with Crippen molar-refractivity contribution in [3.63, 3.8) is 0 Å². The Labute approximate surface area is 157 Å². The van der Waals surface area contributed by atoms with Crippen LogP contribution in [-0.2, 0) is 21.4 Å². The second-order valence-electron chi connectivity index (χ2n) is 7.25. The lowest BCUT2D eigenvalue weighted by atomic mass is 10.1. The van der Waals surface area contributed by atoms with Crippen LogP contribution in [0.1, 0.15) is 18.4 Å². The standard InChI is InChI=1S/C18H30N4O3S/c1-20(2)17-7-5-15(6-8-17)13-21(3)18(23)14-22-11-9-16(10-12-22)19-26(4,24)25/h5-8,16,19H,9-14H2,1-4H3. The summed E-state index contributed by atoms with van der Waals surface area (Å²) in [6.45, 7) is 2.41. The molecule has 0 saturated carbocycles. The van der Waals surface area contributed by atoms with E-state index in [9.17, 15) is 13.2 Å². The van der Waals surface area contributed by atoms with Gasteiger partial charge in [-0.3, -0.25) is 9.69 Å². The van der Waals surface area contributed by atoms with Crippen LogP contribution in [-0.4, -0.2) is 77.2 Å². The summed E-state index contributed by atoms with van der Waals surface area (Å²) < 4.78 is 25.2. The van der Waals surface area contributed by atoms with E-state index in [4.69, 9.17) is 0 Å². The van der Waals surface area contributed by atoms with Crippen molar-refractivity contribution in [3.05, 3.63) is 29.8 Å². The molecule has 0 radical (unpaired) electrons. The van der Waals surface area contributed by atoms with Crippen molar-refractivity contribution in [1.82, 2.24) is 14.5 Å². The molecule has 0 unspecified atom stereocenters. The number of rotatable bonds is 7. The number of carbonyl (C=O) groups excluding carboxylic acids is 1. The molecule has 8 heteroatoms. The largest absolute Gasteiger partial charge is 0.378 e. The Morgan fingerprint density at radius 1 is 1.15 bits per heavy atom. The first-order valence-electron chi connectivity index (χ1n) is 8.84. The highest BCUT2D eigenvalue weighted by Crippen LogP contribution is 2.14. The van der Waals surface area contributed by atoms with Crippen LogP contribution in [0.2, 0.25) is 0 Å². The van der Waals surface area contributed by atoms with Crippen molar-refractivity contribution in [1.29, 1.82) is 0 Å². The van der Waals surface area contributed by atoms with Crippen molar-refractivity contribution in [2.24, 2.45) is 0 Å². The van der Waals surface area contributed by atoms with Gasteiger partial charge in [-0.25, -0.2) is 13.1 Å². The van der Waals surface area contributed by atoms with E-state index in [1.165, 1.54) is 6.26 Å². The Morgan fingerprint density at radius 2 is 1.73 bits per heavy atom. The molecule has 1 heterocycles. The zero-order valence-electron chi connectivity index (χ0n) is 16.1. The monoisotopic (exact) mass is 382 g/mol. The fourth-order valence-electron chi connectivity index (χ4n) is 3.09. The Balaban J connectivity index is 1.79. The minimum absolute atomic E-state index is 0.0238. The molecule has 1 aliphatic rings. The van der Waals surface area contributed by atoms with E-state index in [1.54, 1.807) is 4.90 Å². The highest BCUT2D eigenvalue weighted by atomic mass is 32.2. The third-order valence-corrected chi connectivity index (χ3v) is 5.39. The van der Waals surface area contributed by atoms with E-state index in [-0.39, 0.29) is 11.9 Å². The number of hydrogen-bond acceptors (Lipinski definition) is 5. The number of sulfonamides is 1. The highest BCUT2D eigenvalue weighted by molar-refractivity contribution is 7.88. The molecule has 0 atom stereocenters. The zero-order chi connectivity index (χ0) is 19.3. The van der Waals surface area contributed by atoms with Crippen molar-refractivity contribution in [3.8, 4) is 0 Å². The molecule has 0 spiro atoms. The molecule has 1 fully saturated rings. The SMILES string of the molecule is CN(Cc1ccc(N(C)C)cc1)C(=O)CN1CCC(NS(C)(=O)=O)CC1. The van der Waals surface area contributed by atoms with Crippen molar-refractivity contribution in [2.45, 2.75) is 25.4 Å². The van der Waals surface area contributed by atoms with Crippen LogP contribution < -0.4 is 9.62 Å². The van der Waals surface area contributed by atoms with Gasteiger partial charge in [-0.05, 0) is 30.5 Å². The van der Waals surface area contributed by atoms with Crippen molar-refractivity contribution < 1.29 is 13.2 Å². The van der Waals surface area contributed by atoms with Crippen LogP contribution in [0, 0.1) is 0 Å². The number of piperidine rings is 1. The molecule has 26 heavy (non-hydrogen) atoms. The average Bonchev–Trinajstić information content (AvgIpc) is 2.55. The summed E-state index contributed by atoms with van der Waals surface area (Å²) in [5, 5.41) is 0. The van der Waals surface area contributed by atoms with Gasteiger partial charge in [-0.15, -0.1) is 0 Å². The van der Waals surface area contributed by atoms with E-state index >= 15 is 0 Å². The van der Waals surface area contributed by atoms with Gasteiger partial charge in [0.1, 0.15) is 0 Å². The molecule has 1 amide bonds. The minimum Gasteiger partial charge on any atom is -0.378 e. The first-order valence-corrected chi connectivity index (χ1v) is 10.7. The Kier molecular flexibility index (Phi) is 7.02. The molecular formula is C18H30N4O3S. The molecule has 0 aromatic heterocycles. The molecule has 2 rings (SSSR count). The topological polar surface area (TPSA) is 73.0 Å². The molecule has 1 aliphatic heterocycles. The summed E-state index contributed by atoms with van der Waals surface area (Å²) in [7, 11) is 2.65. The third-order valence-electron chi connectivity index (χ3n) is 4.63. The maximum absolute atomic E-state index is 12.5. The van der Waals surface area contributed by atoms with Crippen LogP contribution in [0.5, 0.6) is 0 Å². The molecule has 0 aliphatic carbocycles. The van der Waals surface area contributed by atoms with Crippen LogP contribution in [0.25, 0.3) is 0 Å². The van der Waals surface area contributed by atoms with Gasteiger partial charge in [0.25, 0.3) is 0 Å². The molecule has 1 saturated heterocycles. The molecule has 1 aromatic rings. The maximum Gasteiger partial charge on any atom is 0.236 e. The normalized spacial score (nSPS) is 16.5. The van der Waals surface area contributed by atoms with Gasteiger partial charge in [-0.1, -0.05) is 12.1 Å². The summed E-state index contributed by atoms with van der Waals surface area (Å²) in [4.78, 5) is 18.3. The summed E-state index contributed by atoms with van der Waals surface area (Å²) in [6.07, 6.45) is 2.65. The predicted octanol–water partition coefficient (Wildman–Crippen LogP) is 0.725. The first kappa shape index (κ1) is 20.7. The van der Waals surface area contributed by atoms with Gasteiger partial charge in [0, 0.05) is 52.5 Å². The molecule has 1 N–H and O–H groups in total.